The Labute approximate surface area is 229 Å². The lowest BCUT2D eigenvalue weighted by Crippen LogP contribution is -2.49. The van der Waals surface area contributed by atoms with Gasteiger partial charge in [-0.05, 0) is 72.4 Å². The highest BCUT2D eigenvalue weighted by Gasteiger charge is 2.31. The number of halogens is 1. The Morgan fingerprint density at radius 1 is 0.795 bits per heavy atom. The van der Waals surface area contributed by atoms with Crippen LogP contribution in [0, 0.1) is 11.7 Å². The minimum atomic E-state index is -3.50. The molecule has 0 saturated carbocycles. The second kappa shape index (κ2) is 11.0. The molecule has 0 bridgehead atoms. The van der Waals surface area contributed by atoms with E-state index < -0.39 is 10.0 Å². The van der Waals surface area contributed by atoms with Crippen LogP contribution in [0.3, 0.4) is 0 Å². The van der Waals surface area contributed by atoms with Crippen LogP contribution in [-0.4, -0.2) is 73.4 Å². The molecule has 202 valence electrons. The fourth-order valence-electron chi connectivity index (χ4n) is 5.76. The first kappa shape index (κ1) is 25.9. The number of hydrogen-bond acceptors (Lipinski definition) is 6. The lowest BCUT2D eigenvalue weighted by atomic mass is 9.97. The van der Waals surface area contributed by atoms with Crippen molar-refractivity contribution in [3.05, 3.63) is 85.1 Å². The summed E-state index contributed by atoms with van der Waals surface area (Å²) in [5.41, 5.74) is 3.77. The monoisotopic (exact) mass is 545 g/mol. The summed E-state index contributed by atoms with van der Waals surface area (Å²) in [6, 6.07) is 17.8. The van der Waals surface area contributed by atoms with Crippen molar-refractivity contribution < 1.29 is 12.8 Å². The molecule has 7 nitrogen and oxygen atoms in total. The number of piperazine rings is 1. The van der Waals surface area contributed by atoms with Crippen LogP contribution in [0.1, 0.15) is 12.8 Å². The van der Waals surface area contributed by atoms with Crippen LogP contribution < -0.4 is 4.90 Å². The Hall–Kier alpha value is -3.40. The second-order valence-electron chi connectivity index (χ2n) is 10.4. The highest BCUT2D eigenvalue weighted by molar-refractivity contribution is 7.89. The molecule has 0 aliphatic carbocycles. The smallest absolute Gasteiger partial charge is 0.243 e. The second-order valence-corrected chi connectivity index (χ2v) is 12.3. The molecule has 9 heteroatoms. The van der Waals surface area contributed by atoms with Crippen molar-refractivity contribution in [1.82, 2.24) is 19.2 Å². The molecule has 2 aliphatic rings. The van der Waals surface area contributed by atoms with E-state index in [9.17, 15) is 12.8 Å². The highest BCUT2D eigenvalue weighted by Crippen LogP contribution is 2.29. The molecule has 2 aliphatic heterocycles. The maximum absolute atomic E-state index is 13.6. The summed E-state index contributed by atoms with van der Waals surface area (Å²) in [5.74, 6) is 0.219. The standard InChI is InChI=1S/C30H32FN5O2S/c31-26-3-6-28-29(21-26)33-14-9-30(28)35-19-17-34(18-20-35)22-23-10-15-36(16-11-23)39(37,38)27-4-1-24(2-5-27)25-7-12-32-13-8-25/h1-9,12-14,21,23H,10-11,15-20,22H2. The zero-order valence-electron chi connectivity index (χ0n) is 21.8. The summed E-state index contributed by atoms with van der Waals surface area (Å²) in [5, 5.41) is 0.980. The minimum absolute atomic E-state index is 0.269. The molecule has 0 spiro atoms. The number of anilines is 1. The molecule has 4 heterocycles. The first-order valence-corrected chi connectivity index (χ1v) is 14.9. The summed E-state index contributed by atoms with van der Waals surface area (Å²) in [6.45, 7) is 5.81. The van der Waals surface area contributed by atoms with Gasteiger partial charge in [0.1, 0.15) is 5.82 Å². The third-order valence-electron chi connectivity index (χ3n) is 7.99. The van der Waals surface area contributed by atoms with Crippen molar-refractivity contribution in [3.63, 3.8) is 0 Å². The van der Waals surface area contributed by atoms with Gasteiger partial charge in [-0.1, -0.05) is 12.1 Å². The average Bonchev–Trinajstić information content (AvgIpc) is 2.98. The van der Waals surface area contributed by atoms with Gasteiger partial charge in [-0.2, -0.15) is 4.31 Å². The number of aromatic nitrogens is 2. The first-order valence-electron chi connectivity index (χ1n) is 13.5. The molecule has 0 amide bonds. The van der Waals surface area contributed by atoms with Gasteiger partial charge in [0.05, 0.1) is 10.4 Å². The van der Waals surface area contributed by atoms with Gasteiger partial charge in [0.15, 0.2) is 0 Å². The molecular formula is C30H32FN5O2S. The van der Waals surface area contributed by atoms with Gasteiger partial charge in [-0.3, -0.25) is 14.9 Å². The van der Waals surface area contributed by atoms with Gasteiger partial charge >= 0.3 is 0 Å². The van der Waals surface area contributed by atoms with Crippen molar-refractivity contribution in [2.45, 2.75) is 17.7 Å². The van der Waals surface area contributed by atoms with E-state index in [2.05, 4.69) is 19.8 Å². The van der Waals surface area contributed by atoms with Crippen LogP contribution in [0.25, 0.3) is 22.0 Å². The fraction of sp³-hybridized carbons (Fsp3) is 0.333. The van der Waals surface area contributed by atoms with Gasteiger partial charge in [0.2, 0.25) is 10.0 Å². The van der Waals surface area contributed by atoms with Crippen molar-refractivity contribution in [1.29, 1.82) is 0 Å². The van der Waals surface area contributed by atoms with Gasteiger partial charge in [-0.15, -0.1) is 0 Å². The molecule has 0 N–H and O–H groups in total. The summed E-state index contributed by atoms with van der Waals surface area (Å²) in [6.07, 6.45) is 6.96. The first-order chi connectivity index (χ1) is 19.0. The van der Waals surface area contributed by atoms with Crippen LogP contribution in [0.4, 0.5) is 10.1 Å². The highest BCUT2D eigenvalue weighted by atomic mass is 32.2. The number of rotatable bonds is 6. The molecule has 2 fully saturated rings. The molecule has 6 rings (SSSR count). The SMILES string of the molecule is O=S(=O)(c1ccc(-c2ccncc2)cc1)N1CCC(CN2CCN(c3ccnc4cc(F)ccc34)CC2)CC1. The minimum Gasteiger partial charge on any atom is -0.368 e. The Kier molecular flexibility index (Phi) is 7.29. The molecule has 4 aromatic rings. The maximum Gasteiger partial charge on any atom is 0.243 e. The van der Waals surface area contributed by atoms with E-state index in [1.54, 1.807) is 35.0 Å². The number of hydrogen-bond donors (Lipinski definition) is 0. The molecule has 39 heavy (non-hydrogen) atoms. The van der Waals surface area contributed by atoms with Gasteiger partial charge in [-0.25, -0.2) is 12.8 Å². The van der Waals surface area contributed by atoms with Gasteiger partial charge < -0.3 is 4.90 Å². The number of nitrogens with zero attached hydrogens (tertiary/aromatic N) is 5. The third kappa shape index (κ3) is 5.52. The summed E-state index contributed by atoms with van der Waals surface area (Å²) in [7, 11) is -3.50. The van der Waals surface area contributed by atoms with E-state index in [0.717, 1.165) is 67.8 Å². The van der Waals surface area contributed by atoms with E-state index >= 15 is 0 Å². The Morgan fingerprint density at radius 3 is 2.21 bits per heavy atom. The Bertz CT molecular complexity index is 1530. The van der Waals surface area contributed by atoms with E-state index in [-0.39, 0.29) is 5.82 Å². The lowest BCUT2D eigenvalue weighted by molar-refractivity contribution is 0.176. The lowest BCUT2D eigenvalue weighted by Gasteiger charge is -2.39. The molecule has 0 radical (unpaired) electrons. The topological polar surface area (TPSA) is 69.6 Å². The average molecular weight is 546 g/mol. The number of pyridine rings is 2. The van der Waals surface area contributed by atoms with Crippen LogP contribution in [-0.2, 0) is 10.0 Å². The number of fused-ring (bicyclic) bond motifs is 1. The molecule has 2 aromatic carbocycles. The van der Waals surface area contributed by atoms with E-state index in [0.29, 0.717) is 29.4 Å². The number of sulfonamides is 1. The largest absolute Gasteiger partial charge is 0.368 e. The molecular weight excluding hydrogens is 513 g/mol. The van der Waals surface area contributed by atoms with Crippen LogP contribution in [0.5, 0.6) is 0 Å². The fourth-order valence-corrected chi connectivity index (χ4v) is 7.23. The Morgan fingerprint density at radius 2 is 1.49 bits per heavy atom. The summed E-state index contributed by atoms with van der Waals surface area (Å²) < 4.78 is 41.9. The number of benzene rings is 2. The summed E-state index contributed by atoms with van der Waals surface area (Å²) >= 11 is 0. The molecule has 2 aromatic heterocycles. The third-order valence-corrected chi connectivity index (χ3v) is 9.90. The van der Waals surface area contributed by atoms with Crippen LogP contribution >= 0.6 is 0 Å². The van der Waals surface area contributed by atoms with Crippen molar-refractivity contribution in [3.8, 4) is 11.1 Å². The zero-order chi connectivity index (χ0) is 26.8. The van der Waals surface area contributed by atoms with Crippen LogP contribution in [0.15, 0.2) is 84.1 Å². The van der Waals surface area contributed by atoms with Gasteiger partial charge in [0, 0.05) is 81.5 Å². The normalized spacial score (nSPS) is 18.0. The maximum atomic E-state index is 13.6. The van der Waals surface area contributed by atoms with E-state index in [1.807, 2.05) is 36.4 Å². The Balaban J connectivity index is 1.02. The van der Waals surface area contributed by atoms with Gasteiger partial charge in [0.25, 0.3) is 0 Å². The van der Waals surface area contributed by atoms with E-state index in [4.69, 9.17) is 0 Å². The predicted molar refractivity (Wildman–Crippen MR) is 152 cm³/mol. The van der Waals surface area contributed by atoms with Crippen molar-refractivity contribution in [2.24, 2.45) is 5.92 Å². The van der Waals surface area contributed by atoms with E-state index in [1.165, 1.54) is 12.1 Å². The van der Waals surface area contributed by atoms with Crippen molar-refractivity contribution in [2.75, 3.05) is 50.7 Å². The number of piperidine rings is 1. The predicted octanol–water partition coefficient (Wildman–Crippen LogP) is 4.66. The zero-order valence-corrected chi connectivity index (χ0v) is 22.6. The molecule has 2 saturated heterocycles. The summed E-state index contributed by atoms with van der Waals surface area (Å²) in [4.78, 5) is 13.6. The molecule has 0 unspecified atom stereocenters. The van der Waals surface area contributed by atoms with Crippen LogP contribution in [0.2, 0.25) is 0 Å². The van der Waals surface area contributed by atoms with Crippen molar-refractivity contribution >= 4 is 26.6 Å². The molecule has 0 atom stereocenters. The quantitative estimate of drug-likeness (QED) is 0.351.